The molecule has 3 heteroatoms. The van der Waals surface area contributed by atoms with Crippen molar-refractivity contribution < 1.29 is 9.53 Å². The van der Waals surface area contributed by atoms with E-state index in [-0.39, 0.29) is 12.4 Å². The third kappa shape index (κ3) is 4.39. The summed E-state index contributed by atoms with van der Waals surface area (Å²) in [6, 6.07) is 15.1. The lowest BCUT2D eigenvalue weighted by Crippen LogP contribution is -2.13. The molecule has 0 aromatic heterocycles. The number of ketones is 1. The Labute approximate surface area is 124 Å². The van der Waals surface area contributed by atoms with E-state index in [2.05, 4.69) is 19.1 Å². The van der Waals surface area contributed by atoms with Crippen LogP contribution in [-0.4, -0.2) is 12.4 Å². The van der Waals surface area contributed by atoms with E-state index in [0.717, 1.165) is 12.0 Å². The minimum atomic E-state index is 0.0594. The fourth-order valence-corrected chi connectivity index (χ4v) is 1.99. The van der Waals surface area contributed by atoms with Crippen molar-refractivity contribution in [2.75, 3.05) is 6.61 Å². The molecule has 0 bridgehead atoms. The van der Waals surface area contributed by atoms with E-state index in [1.165, 1.54) is 5.56 Å². The van der Waals surface area contributed by atoms with E-state index >= 15 is 0 Å². The molecule has 0 amide bonds. The number of aryl methyl sites for hydroxylation is 1. The number of hydrogen-bond donors (Lipinski definition) is 0. The summed E-state index contributed by atoms with van der Waals surface area (Å²) in [6.07, 6.45) is 1.41. The zero-order valence-corrected chi connectivity index (χ0v) is 12.2. The topological polar surface area (TPSA) is 26.3 Å². The molecule has 2 aromatic carbocycles. The van der Waals surface area contributed by atoms with Crippen LogP contribution in [0.5, 0.6) is 5.75 Å². The molecule has 2 nitrogen and oxygen atoms in total. The van der Waals surface area contributed by atoms with Crippen LogP contribution in [0.1, 0.15) is 18.1 Å². The summed E-state index contributed by atoms with van der Waals surface area (Å²) in [5, 5.41) is 0.652. The van der Waals surface area contributed by atoms with Gasteiger partial charge in [0.1, 0.15) is 12.4 Å². The lowest BCUT2D eigenvalue weighted by Gasteiger charge is -2.06. The van der Waals surface area contributed by atoms with Gasteiger partial charge in [-0.15, -0.1) is 0 Å². The lowest BCUT2D eigenvalue weighted by molar-refractivity contribution is -0.120. The average Bonchev–Trinajstić information content (AvgIpc) is 2.47. The number of Topliss-reactive ketones (excluding diaryl/α,β-unsaturated/α-hetero) is 1. The molecule has 0 unspecified atom stereocenters. The smallest absolute Gasteiger partial charge is 0.174 e. The molecule has 0 fully saturated rings. The number of rotatable bonds is 6. The first-order valence-electron chi connectivity index (χ1n) is 6.65. The zero-order valence-electron chi connectivity index (χ0n) is 11.4. The predicted octanol–water partition coefficient (Wildman–Crippen LogP) is 4.09. The van der Waals surface area contributed by atoms with E-state index in [9.17, 15) is 4.79 Å². The van der Waals surface area contributed by atoms with Crippen molar-refractivity contribution in [3.05, 3.63) is 64.7 Å². The standard InChI is InChI=1S/C17H17ClO2/c1-2-13-3-5-14(6-4-13)11-16(19)12-20-17-9-7-15(18)8-10-17/h3-10H,2,11-12H2,1H3. The number of carbonyl (C=O) groups is 1. The first-order chi connectivity index (χ1) is 9.67. The fraction of sp³-hybridized carbons (Fsp3) is 0.235. The molecule has 0 heterocycles. The Balaban J connectivity index is 1.84. The number of hydrogen-bond acceptors (Lipinski definition) is 2. The minimum Gasteiger partial charge on any atom is -0.486 e. The van der Waals surface area contributed by atoms with Gasteiger partial charge in [-0.3, -0.25) is 4.79 Å². The highest BCUT2D eigenvalue weighted by atomic mass is 35.5. The van der Waals surface area contributed by atoms with Gasteiger partial charge in [-0.2, -0.15) is 0 Å². The van der Waals surface area contributed by atoms with Crippen LogP contribution in [0.25, 0.3) is 0 Å². The van der Waals surface area contributed by atoms with Crippen molar-refractivity contribution in [1.29, 1.82) is 0 Å². The van der Waals surface area contributed by atoms with Crippen molar-refractivity contribution in [3.8, 4) is 5.75 Å². The Morgan fingerprint density at radius 3 is 2.20 bits per heavy atom. The normalized spacial score (nSPS) is 10.3. The van der Waals surface area contributed by atoms with Gasteiger partial charge >= 0.3 is 0 Å². The molecule has 0 aliphatic heterocycles. The molecular formula is C17H17ClO2. The second-order valence-electron chi connectivity index (χ2n) is 4.63. The van der Waals surface area contributed by atoms with Gasteiger partial charge in [0.2, 0.25) is 0 Å². The summed E-state index contributed by atoms with van der Waals surface area (Å²) in [4.78, 5) is 11.9. The van der Waals surface area contributed by atoms with Crippen molar-refractivity contribution in [3.63, 3.8) is 0 Å². The quantitative estimate of drug-likeness (QED) is 0.800. The third-order valence-corrected chi connectivity index (χ3v) is 3.30. The molecule has 2 aromatic rings. The summed E-state index contributed by atoms with van der Waals surface area (Å²) < 4.78 is 5.43. The van der Waals surface area contributed by atoms with Gasteiger partial charge in [0.25, 0.3) is 0 Å². The van der Waals surface area contributed by atoms with Crippen molar-refractivity contribution in [1.82, 2.24) is 0 Å². The highest BCUT2D eigenvalue weighted by Crippen LogP contribution is 2.15. The average molecular weight is 289 g/mol. The number of benzene rings is 2. The summed E-state index contributed by atoms with van der Waals surface area (Å²) in [5.74, 6) is 0.716. The molecule has 0 atom stereocenters. The van der Waals surface area contributed by atoms with Gasteiger partial charge in [0, 0.05) is 11.4 Å². The van der Waals surface area contributed by atoms with Crippen molar-refractivity contribution >= 4 is 17.4 Å². The Bertz CT molecular complexity index is 559. The van der Waals surface area contributed by atoms with E-state index in [1.807, 2.05) is 12.1 Å². The second-order valence-corrected chi connectivity index (χ2v) is 5.06. The Morgan fingerprint density at radius 1 is 1.00 bits per heavy atom. The Kier molecular flexibility index (Phi) is 5.19. The molecule has 104 valence electrons. The highest BCUT2D eigenvalue weighted by molar-refractivity contribution is 6.30. The van der Waals surface area contributed by atoms with Crippen LogP contribution in [0.15, 0.2) is 48.5 Å². The van der Waals surface area contributed by atoms with Crippen LogP contribution >= 0.6 is 11.6 Å². The molecular weight excluding hydrogens is 272 g/mol. The summed E-state index contributed by atoms with van der Waals surface area (Å²) in [7, 11) is 0. The molecule has 0 aliphatic rings. The van der Waals surface area contributed by atoms with Crippen LogP contribution in [0.4, 0.5) is 0 Å². The maximum absolute atomic E-state index is 11.9. The number of ether oxygens (including phenoxy) is 1. The number of carbonyl (C=O) groups excluding carboxylic acids is 1. The third-order valence-electron chi connectivity index (χ3n) is 3.05. The van der Waals surface area contributed by atoms with Gasteiger partial charge in [-0.25, -0.2) is 0 Å². The maximum atomic E-state index is 11.9. The number of halogens is 1. The molecule has 0 radical (unpaired) electrons. The van der Waals surface area contributed by atoms with Crippen LogP contribution in [-0.2, 0) is 17.6 Å². The largest absolute Gasteiger partial charge is 0.486 e. The molecule has 0 saturated carbocycles. The summed E-state index contributed by atoms with van der Waals surface area (Å²) >= 11 is 5.78. The molecule has 20 heavy (non-hydrogen) atoms. The van der Waals surface area contributed by atoms with Gasteiger partial charge in [-0.1, -0.05) is 42.8 Å². The SMILES string of the molecule is CCc1ccc(CC(=O)COc2ccc(Cl)cc2)cc1. The van der Waals surface area contributed by atoms with Crippen molar-refractivity contribution in [2.45, 2.75) is 19.8 Å². The Hall–Kier alpha value is -1.80. The van der Waals surface area contributed by atoms with E-state index < -0.39 is 0 Å². The molecule has 2 rings (SSSR count). The molecule has 0 spiro atoms. The van der Waals surface area contributed by atoms with Gasteiger partial charge in [0.15, 0.2) is 5.78 Å². The van der Waals surface area contributed by atoms with E-state index in [4.69, 9.17) is 16.3 Å². The summed E-state index contributed by atoms with van der Waals surface area (Å²) in [6.45, 7) is 2.19. The van der Waals surface area contributed by atoms with Crippen LogP contribution in [0, 0.1) is 0 Å². The maximum Gasteiger partial charge on any atom is 0.174 e. The first-order valence-corrected chi connectivity index (χ1v) is 7.03. The van der Waals surface area contributed by atoms with E-state index in [1.54, 1.807) is 24.3 Å². The van der Waals surface area contributed by atoms with E-state index in [0.29, 0.717) is 17.2 Å². The minimum absolute atomic E-state index is 0.0594. The summed E-state index contributed by atoms with van der Waals surface area (Å²) in [5.41, 5.74) is 2.30. The Morgan fingerprint density at radius 2 is 1.60 bits per heavy atom. The monoisotopic (exact) mass is 288 g/mol. The van der Waals surface area contributed by atoms with Crippen LogP contribution < -0.4 is 4.74 Å². The first kappa shape index (κ1) is 14.6. The second kappa shape index (κ2) is 7.11. The predicted molar refractivity (Wildman–Crippen MR) is 81.5 cm³/mol. The van der Waals surface area contributed by atoms with Gasteiger partial charge < -0.3 is 4.74 Å². The molecule has 0 aliphatic carbocycles. The van der Waals surface area contributed by atoms with Crippen LogP contribution in [0.2, 0.25) is 5.02 Å². The van der Waals surface area contributed by atoms with Gasteiger partial charge in [-0.05, 0) is 41.8 Å². The lowest BCUT2D eigenvalue weighted by atomic mass is 10.1. The fourth-order valence-electron chi connectivity index (χ4n) is 1.87. The van der Waals surface area contributed by atoms with Crippen LogP contribution in [0.3, 0.4) is 0 Å². The highest BCUT2D eigenvalue weighted by Gasteiger charge is 2.05. The van der Waals surface area contributed by atoms with Crippen molar-refractivity contribution in [2.24, 2.45) is 0 Å². The molecule has 0 N–H and O–H groups in total. The van der Waals surface area contributed by atoms with Gasteiger partial charge in [0.05, 0.1) is 0 Å². The molecule has 0 saturated heterocycles. The zero-order chi connectivity index (χ0) is 14.4.